The summed E-state index contributed by atoms with van der Waals surface area (Å²) < 4.78 is 65.3. The third-order valence-electron chi connectivity index (χ3n) is 4.77. The van der Waals surface area contributed by atoms with Crippen LogP contribution >= 0.6 is 11.6 Å². The van der Waals surface area contributed by atoms with E-state index in [1.807, 2.05) is 0 Å². The number of nitrogens with two attached hydrogens (primary N) is 1. The smallest absolute Gasteiger partial charge is 0.232 e. The van der Waals surface area contributed by atoms with E-state index in [9.17, 15) is 21.6 Å². The zero-order chi connectivity index (χ0) is 23.1. The van der Waals surface area contributed by atoms with Gasteiger partial charge in [-0.1, -0.05) is 41.9 Å². The summed E-state index contributed by atoms with van der Waals surface area (Å²) in [5.41, 5.74) is 0.827. The Bertz CT molecular complexity index is 1380. The van der Waals surface area contributed by atoms with Crippen molar-refractivity contribution in [3.8, 4) is 28.2 Å². The molecule has 0 amide bonds. The third-order valence-corrected chi connectivity index (χ3v) is 5.95. The summed E-state index contributed by atoms with van der Waals surface area (Å²) in [5, 5.41) is 10.1. The lowest BCUT2D eigenvalue weighted by Crippen LogP contribution is -2.12. The third kappa shape index (κ3) is 4.40. The number of sulfonamides is 1. The zero-order valence-corrected chi connectivity index (χ0v) is 17.8. The van der Waals surface area contributed by atoms with E-state index < -0.39 is 21.8 Å². The molecule has 0 aliphatic rings. The van der Waals surface area contributed by atoms with Gasteiger partial charge in [-0.05, 0) is 48.5 Å². The van der Waals surface area contributed by atoms with Crippen molar-refractivity contribution in [1.29, 1.82) is 0 Å². The highest BCUT2D eigenvalue weighted by atomic mass is 35.5. The van der Waals surface area contributed by atoms with E-state index in [0.717, 1.165) is 6.07 Å². The molecule has 3 aromatic carbocycles. The van der Waals surface area contributed by atoms with Crippen LogP contribution < -0.4 is 5.14 Å². The summed E-state index contributed by atoms with van der Waals surface area (Å²) in [4.78, 5) is -0.0934. The Labute approximate surface area is 186 Å². The second-order valence-electron chi connectivity index (χ2n) is 6.92. The Morgan fingerprint density at radius 2 is 1.53 bits per heavy atom. The maximum Gasteiger partial charge on any atom is 0.417 e. The molecule has 1 aromatic heterocycles. The van der Waals surface area contributed by atoms with Gasteiger partial charge in [0.1, 0.15) is 0 Å². The second kappa shape index (κ2) is 8.09. The van der Waals surface area contributed by atoms with E-state index >= 15 is 0 Å². The Balaban J connectivity index is 1.92. The van der Waals surface area contributed by atoms with Crippen LogP contribution in [-0.4, -0.2) is 18.2 Å². The first kappa shape index (κ1) is 22.1. The lowest BCUT2D eigenvalue weighted by Gasteiger charge is -2.10. The fraction of sp³-hybridized carbons (Fsp3) is 0.0455. The first-order chi connectivity index (χ1) is 15.0. The predicted molar refractivity (Wildman–Crippen MR) is 116 cm³/mol. The molecule has 0 saturated carbocycles. The molecular weight excluding hydrogens is 463 g/mol. The minimum atomic E-state index is -4.56. The Kier molecular flexibility index (Phi) is 5.58. The van der Waals surface area contributed by atoms with Crippen LogP contribution in [0.25, 0.3) is 28.2 Å². The normalized spacial score (nSPS) is 12.2. The van der Waals surface area contributed by atoms with E-state index in [2.05, 4.69) is 5.10 Å². The van der Waals surface area contributed by atoms with Gasteiger partial charge in [-0.15, -0.1) is 0 Å². The first-order valence-corrected chi connectivity index (χ1v) is 11.1. The summed E-state index contributed by atoms with van der Waals surface area (Å²) >= 11 is 5.97. The molecule has 0 fully saturated rings. The summed E-state index contributed by atoms with van der Waals surface area (Å²) in [6.07, 6.45) is -4.56. The molecule has 10 heteroatoms. The van der Waals surface area contributed by atoms with E-state index in [1.54, 1.807) is 30.3 Å². The highest BCUT2D eigenvalue weighted by Gasteiger charge is 2.34. The van der Waals surface area contributed by atoms with Crippen molar-refractivity contribution >= 4 is 21.6 Å². The maximum atomic E-state index is 13.6. The van der Waals surface area contributed by atoms with Crippen molar-refractivity contribution < 1.29 is 21.6 Å². The highest BCUT2D eigenvalue weighted by Crippen LogP contribution is 2.38. The van der Waals surface area contributed by atoms with Crippen LogP contribution in [0.3, 0.4) is 0 Å². The number of primary sulfonamides is 1. The van der Waals surface area contributed by atoms with Crippen LogP contribution in [0.15, 0.2) is 83.8 Å². The number of nitrogens with zero attached hydrogens (tertiary/aromatic N) is 2. The van der Waals surface area contributed by atoms with Crippen LogP contribution in [0.4, 0.5) is 13.2 Å². The van der Waals surface area contributed by atoms with E-state index in [4.69, 9.17) is 16.7 Å². The molecule has 0 unspecified atom stereocenters. The molecule has 4 rings (SSSR count). The van der Waals surface area contributed by atoms with Crippen molar-refractivity contribution in [3.63, 3.8) is 0 Å². The standard InChI is InChI=1S/C22H15ClF3N3O2S/c23-15-7-5-14(6-8-15)21-13-20(18-3-1-2-4-19(18)22(24,25)26)28-29(21)16-9-11-17(12-10-16)32(27,30)31/h1-13H,(H2,27,30,31). The Hall–Kier alpha value is -3.14. The molecule has 2 N–H and O–H groups in total. The molecular formula is C22H15ClF3N3O2S. The fourth-order valence-corrected chi connectivity index (χ4v) is 3.91. The molecule has 1 heterocycles. The SMILES string of the molecule is NS(=O)(=O)c1ccc(-n2nc(-c3ccccc3C(F)(F)F)cc2-c2ccc(Cl)cc2)cc1. The number of halogens is 4. The molecule has 0 atom stereocenters. The van der Waals surface area contributed by atoms with Crippen molar-refractivity contribution in [2.24, 2.45) is 5.14 Å². The highest BCUT2D eigenvalue weighted by molar-refractivity contribution is 7.89. The van der Waals surface area contributed by atoms with Crippen molar-refractivity contribution in [2.75, 3.05) is 0 Å². The van der Waals surface area contributed by atoms with Gasteiger partial charge in [0.25, 0.3) is 0 Å². The number of hydrogen-bond donors (Lipinski definition) is 1. The molecule has 0 aliphatic carbocycles. The van der Waals surface area contributed by atoms with Gasteiger partial charge < -0.3 is 0 Å². The molecule has 5 nitrogen and oxygen atoms in total. The zero-order valence-electron chi connectivity index (χ0n) is 16.2. The lowest BCUT2D eigenvalue weighted by atomic mass is 10.0. The molecule has 164 valence electrons. The quantitative estimate of drug-likeness (QED) is 0.420. The maximum absolute atomic E-state index is 13.6. The topological polar surface area (TPSA) is 78.0 Å². The van der Waals surface area contributed by atoms with Crippen LogP contribution in [0.2, 0.25) is 5.02 Å². The molecule has 0 aliphatic heterocycles. The molecule has 32 heavy (non-hydrogen) atoms. The molecule has 0 spiro atoms. The summed E-state index contributed by atoms with van der Waals surface area (Å²) in [6, 6.07) is 19.0. The van der Waals surface area contributed by atoms with Crippen molar-refractivity contribution in [1.82, 2.24) is 9.78 Å². The Morgan fingerprint density at radius 3 is 2.12 bits per heavy atom. The number of benzene rings is 3. The Morgan fingerprint density at radius 1 is 0.906 bits per heavy atom. The summed E-state index contributed by atoms with van der Waals surface area (Å²) in [7, 11) is -3.90. The van der Waals surface area contributed by atoms with Gasteiger partial charge in [0.05, 0.1) is 27.5 Å². The number of alkyl halides is 3. The molecule has 0 bridgehead atoms. The van der Waals surface area contributed by atoms with E-state index in [1.165, 1.54) is 47.1 Å². The van der Waals surface area contributed by atoms with Gasteiger partial charge >= 0.3 is 6.18 Å². The second-order valence-corrected chi connectivity index (χ2v) is 8.91. The van der Waals surface area contributed by atoms with Crippen LogP contribution in [-0.2, 0) is 16.2 Å². The first-order valence-electron chi connectivity index (χ1n) is 9.20. The van der Waals surface area contributed by atoms with Crippen molar-refractivity contribution in [3.05, 3.63) is 89.4 Å². The largest absolute Gasteiger partial charge is 0.417 e. The van der Waals surface area contributed by atoms with Crippen LogP contribution in [0.5, 0.6) is 0 Å². The minimum Gasteiger partial charge on any atom is -0.232 e. The molecule has 0 radical (unpaired) electrons. The number of aromatic nitrogens is 2. The summed E-state index contributed by atoms with van der Waals surface area (Å²) in [5.74, 6) is 0. The van der Waals surface area contributed by atoms with E-state index in [0.29, 0.717) is 22.0 Å². The van der Waals surface area contributed by atoms with Crippen LogP contribution in [0.1, 0.15) is 5.56 Å². The van der Waals surface area contributed by atoms with Gasteiger partial charge in [-0.2, -0.15) is 18.3 Å². The fourth-order valence-electron chi connectivity index (χ4n) is 3.27. The van der Waals surface area contributed by atoms with Gasteiger partial charge in [-0.25, -0.2) is 18.2 Å². The average molecular weight is 478 g/mol. The monoisotopic (exact) mass is 477 g/mol. The predicted octanol–water partition coefficient (Wildman–Crippen LogP) is 5.53. The lowest BCUT2D eigenvalue weighted by molar-refractivity contribution is -0.137. The van der Waals surface area contributed by atoms with Gasteiger partial charge in [-0.3, -0.25) is 0 Å². The number of rotatable bonds is 4. The molecule has 4 aromatic rings. The van der Waals surface area contributed by atoms with Crippen molar-refractivity contribution in [2.45, 2.75) is 11.1 Å². The average Bonchev–Trinajstić information content (AvgIpc) is 3.18. The van der Waals surface area contributed by atoms with E-state index in [-0.39, 0.29) is 16.2 Å². The van der Waals surface area contributed by atoms with Gasteiger partial charge in [0.2, 0.25) is 10.0 Å². The summed E-state index contributed by atoms with van der Waals surface area (Å²) in [6.45, 7) is 0. The molecule has 0 saturated heterocycles. The minimum absolute atomic E-state index is 0.0740. The van der Waals surface area contributed by atoms with Gasteiger partial charge in [0, 0.05) is 16.1 Å². The van der Waals surface area contributed by atoms with Crippen LogP contribution in [0, 0.1) is 0 Å². The van der Waals surface area contributed by atoms with Gasteiger partial charge in [0.15, 0.2) is 0 Å². The number of hydrogen-bond acceptors (Lipinski definition) is 3.